The molecule has 1 aromatic heterocycles. The molecular formula is C17H19F2N3O2. The number of nitrogens with one attached hydrogen (secondary N) is 1. The summed E-state index contributed by atoms with van der Waals surface area (Å²) in [6.07, 6.45) is 1.57. The smallest absolute Gasteiger partial charge is 0.149 e. The van der Waals surface area contributed by atoms with Crippen LogP contribution < -0.4 is 10.2 Å². The number of rotatable bonds is 5. The van der Waals surface area contributed by atoms with Gasteiger partial charge in [-0.3, -0.25) is 4.98 Å². The van der Waals surface area contributed by atoms with Crippen molar-refractivity contribution in [1.82, 2.24) is 4.98 Å². The molecule has 0 atom stereocenters. The highest BCUT2D eigenvalue weighted by Gasteiger charge is 2.20. The first kappa shape index (κ1) is 16.6. The van der Waals surface area contributed by atoms with Gasteiger partial charge in [-0.15, -0.1) is 0 Å². The fraction of sp³-hybridized carbons (Fsp3) is 0.353. The third kappa shape index (κ3) is 3.80. The van der Waals surface area contributed by atoms with Crippen LogP contribution in [0, 0.1) is 11.6 Å². The van der Waals surface area contributed by atoms with E-state index >= 15 is 0 Å². The van der Waals surface area contributed by atoms with Gasteiger partial charge in [0.25, 0.3) is 0 Å². The first-order valence-electron chi connectivity index (χ1n) is 7.77. The fourth-order valence-electron chi connectivity index (χ4n) is 2.69. The third-order valence-electron chi connectivity index (χ3n) is 3.88. The van der Waals surface area contributed by atoms with Crippen molar-refractivity contribution < 1.29 is 18.6 Å². The van der Waals surface area contributed by atoms with E-state index in [9.17, 15) is 8.78 Å². The maximum absolute atomic E-state index is 14.3. The van der Waals surface area contributed by atoms with Crippen LogP contribution >= 0.6 is 0 Å². The molecule has 0 saturated carbocycles. The molecule has 7 heteroatoms. The summed E-state index contributed by atoms with van der Waals surface area (Å²) in [7, 11) is 0. The highest BCUT2D eigenvalue weighted by atomic mass is 19.1. The van der Waals surface area contributed by atoms with E-state index in [1.165, 1.54) is 12.1 Å². The van der Waals surface area contributed by atoms with Crippen molar-refractivity contribution in [3.05, 3.63) is 53.4 Å². The summed E-state index contributed by atoms with van der Waals surface area (Å²) in [4.78, 5) is 5.65. The molecule has 1 aliphatic heterocycles. The number of benzene rings is 1. The maximum atomic E-state index is 14.3. The highest BCUT2D eigenvalue weighted by Crippen LogP contribution is 2.26. The average Bonchev–Trinajstić information content (AvgIpc) is 2.60. The van der Waals surface area contributed by atoms with Crippen molar-refractivity contribution in [3.8, 4) is 0 Å². The second-order valence-electron chi connectivity index (χ2n) is 5.56. The number of nitrogens with zero attached hydrogens (tertiary/aromatic N) is 2. The highest BCUT2D eigenvalue weighted by molar-refractivity contribution is 5.52. The standard InChI is InChI=1S/C17H19F2N3O2/c18-15-7-12(10-21-13-1-2-20-14(9-13)11-23)8-16(19)17(15)22-3-5-24-6-4-22/h1-2,7-9,23H,3-6,10-11H2,(H,20,21). The van der Waals surface area contributed by atoms with Gasteiger partial charge in [-0.25, -0.2) is 8.78 Å². The summed E-state index contributed by atoms with van der Waals surface area (Å²) in [5, 5.41) is 12.1. The number of morpholine rings is 1. The molecule has 2 aromatic rings. The lowest BCUT2D eigenvalue weighted by Gasteiger charge is -2.29. The Morgan fingerprint density at radius 3 is 2.54 bits per heavy atom. The van der Waals surface area contributed by atoms with E-state index in [-0.39, 0.29) is 18.8 Å². The van der Waals surface area contributed by atoms with Crippen LogP contribution in [-0.2, 0) is 17.9 Å². The van der Waals surface area contributed by atoms with E-state index in [1.807, 2.05) is 0 Å². The van der Waals surface area contributed by atoms with Crippen LogP contribution in [0.2, 0.25) is 0 Å². The normalized spacial score (nSPS) is 14.7. The van der Waals surface area contributed by atoms with E-state index in [4.69, 9.17) is 9.84 Å². The molecular weight excluding hydrogens is 316 g/mol. The zero-order valence-corrected chi connectivity index (χ0v) is 13.1. The molecule has 2 N–H and O–H groups in total. The number of pyridine rings is 1. The van der Waals surface area contributed by atoms with Gasteiger partial charge in [-0.2, -0.15) is 0 Å². The molecule has 24 heavy (non-hydrogen) atoms. The van der Waals surface area contributed by atoms with Gasteiger partial charge in [0, 0.05) is 31.5 Å². The molecule has 0 unspecified atom stereocenters. The van der Waals surface area contributed by atoms with Gasteiger partial charge >= 0.3 is 0 Å². The van der Waals surface area contributed by atoms with Crippen LogP contribution in [0.25, 0.3) is 0 Å². The number of hydrogen-bond donors (Lipinski definition) is 2. The molecule has 128 valence electrons. The second-order valence-corrected chi connectivity index (χ2v) is 5.56. The van der Waals surface area contributed by atoms with Gasteiger partial charge in [0.15, 0.2) is 0 Å². The Bertz CT molecular complexity index is 683. The summed E-state index contributed by atoms with van der Waals surface area (Å²) in [6.45, 7) is 2.01. The number of hydrogen-bond acceptors (Lipinski definition) is 5. The van der Waals surface area contributed by atoms with E-state index in [2.05, 4.69) is 10.3 Å². The number of ether oxygens (including phenoxy) is 1. The molecule has 0 aliphatic carbocycles. The molecule has 2 heterocycles. The number of anilines is 2. The van der Waals surface area contributed by atoms with Crippen LogP contribution in [0.4, 0.5) is 20.2 Å². The quantitative estimate of drug-likeness (QED) is 0.878. The Labute approximate surface area is 138 Å². The van der Waals surface area contributed by atoms with Gasteiger partial charge in [0.2, 0.25) is 0 Å². The fourth-order valence-corrected chi connectivity index (χ4v) is 2.69. The van der Waals surface area contributed by atoms with Crippen molar-refractivity contribution in [3.63, 3.8) is 0 Å². The molecule has 1 saturated heterocycles. The van der Waals surface area contributed by atoms with Gasteiger partial charge in [-0.1, -0.05) is 0 Å². The minimum absolute atomic E-state index is 0.00790. The molecule has 1 fully saturated rings. The molecule has 0 radical (unpaired) electrons. The summed E-state index contributed by atoms with van der Waals surface area (Å²) in [5.74, 6) is -1.14. The average molecular weight is 335 g/mol. The minimum atomic E-state index is -0.570. The monoisotopic (exact) mass is 335 g/mol. The summed E-state index contributed by atoms with van der Waals surface area (Å²) in [5.41, 5.74) is 1.77. The van der Waals surface area contributed by atoms with Crippen LogP contribution in [-0.4, -0.2) is 36.4 Å². The number of halogens is 2. The zero-order valence-electron chi connectivity index (χ0n) is 13.1. The van der Waals surface area contributed by atoms with Crippen molar-refractivity contribution in [2.24, 2.45) is 0 Å². The van der Waals surface area contributed by atoms with Crippen LogP contribution in [0.15, 0.2) is 30.5 Å². The van der Waals surface area contributed by atoms with E-state index in [0.29, 0.717) is 37.6 Å². The molecule has 0 bridgehead atoms. The lowest BCUT2D eigenvalue weighted by atomic mass is 10.1. The number of aliphatic hydroxyl groups is 1. The first-order chi connectivity index (χ1) is 11.7. The minimum Gasteiger partial charge on any atom is -0.390 e. The van der Waals surface area contributed by atoms with Crippen molar-refractivity contribution in [1.29, 1.82) is 0 Å². The van der Waals surface area contributed by atoms with Gasteiger partial charge < -0.3 is 20.1 Å². The van der Waals surface area contributed by atoms with Crippen LogP contribution in [0.5, 0.6) is 0 Å². The summed E-state index contributed by atoms with van der Waals surface area (Å²) < 4.78 is 33.9. The summed E-state index contributed by atoms with van der Waals surface area (Å²) in [6, 6.07) is 6.10. The SMILES string of the molecule is OCc1cc(NCc2cc(F)c(N3CCOCC3)c(F)c2)ccn1. The molecule has 5 nitrogen and oxygen atoms in total. The lowest BCUT2D eigenvalue weighted by molar-refractivity contribution is 0.122. The molecule has 3 rings (SSSR count). The van der Waals surface area contributed by atoms with Crippen molar-refractivity contribution in [2.45, 2.75) is 13.2 Å². The molecule has 1 aromatic carbocycles. The lowest BCUT2D eigenvalue weighted by Crippen LogP contribution is -2.37. The molecule has 1 aliphatic rings. The Hall–Kier alpha value is -2.25. The Kier molecular flexibility index (Phi) is 5.22. The number of aromatic nitrogens is 1. The predicted octanol–water partition coefficient (Wildman–Crippen LogP) is 2.30. The topological polar surface area (TPSA) is 57.6 Å². The van der Waals surface area contributed by atoms with Crippen molar-refractivity contribution >= 4 is 11.4 Å². The predicted molar refractivity (Wildman–Crippen MR) is 86.9 cm³/mol. The Morgan fingerprint density at radius 2 is 1.88 bits per heavy atom. The van der Waals surface area contributed by atoms with E-state index < -0.39 is 11.6 Å². The zero-order chi connectivity index (χ0) is 16.9. The maximum Gasteiger partial charge on any atom is 0.149 e. The van der Waals surface area contributed by atoms with Gasteiger partial charge in [0.1, 0.15) is 17.3 Å². The first-order valence-corrected chi connectivity index (χ1v) is 7.77. The largest absolute Gasteiger partial charge is 0.390 e. The third-order valence-corrected chi connectivity index (χ3v) is 3.88. The Morgan fingerprint density at radius 1 is 1.17 bits per heavy atom. The van der Waals surface area contributed by atoms with Gasteiger partial charge in [-0.05, 0) is 29.8 Å². The van der Waals surface area contributed by atoms with E-state index in [1.54, 1.807) is 23.2 Å². The molecule has 0 spiro atoms. The van der Waals surface area contributed by atoms with E-state index in [0.717, 1.165) is 5.69 Å². The molecule has 0 amide bonds. The van der Waals surface area contributed by atoms with Crippen LogP contribution in [0.3, 0.4) is 0 Å². The Balaban J connectivity index is 1.72. The number of aliphatic hydroxyl groups excluding tert-OH is 1. The second kappa shape index (κ2) is 7.55. The van der Waals surface area contributed by atoms with Gasteiger partial charge in [0.05, 0.1) is 25.5 Å². The summed E-state index contributed by atoms with van der Waals surface area (Å²) >= 11 is 0. The van der Waals surface area contributed by atoms with Crippen molar-refractivity contribution in [2.75, 3.05) is 36.5 Å². The van der Waals surface area contributed by atoms with Crippen LogP contribution in [0.1, 0.15) is 11.3 Å².